The first-order valence-corrected chi connectivity index (χ1v) is 13.7. The van der Waals surface area contributed by atoms with Crippen LogP contribution in [-0.2, 0) is 16.1 Å². The van der Waals surface area contributed by atoms with Gasteiger partial charge in [0.15, 0.2) is 0 Å². The number of rotatable bonds is 8. The molecule has 0 saturated carbocycles. The quantitative estimate of drug-likeness (QED) is 0.223. The summed E-state index contributed by atoms with van der Waals surface area (Å²) < 4.78 is 13.3. The fraction of sp³-hybridized carbons (Fsp3) is 0.161. The van der Waals surface area contributed by atoms with Gasteiger partial charge in [0.1, 0.15) is 28.7 Å². The number of aliphatic imine (C=N–C) groups is 1. The number of thioether (sulfide) groups is 1. The molecular weight excluding hydrogens is 532 g/mol. The summed E-state index contributed by atoms with van der Waals surface area (Å²) in [6, 6.07) is 23.0. The molecule has 39 heavy (non-hydrogen) atoms. The molecule has 8 heteroatoms. The van der Waals surface area contributed by atoms with Crippen LogP contribution in [0.25, 0.3) is 17.0 Å². The Balaban J connectivity index is 1.46. The van der Waals surface area contributed by atoms with E-state index in [0.717, 1.165) is 27.8 Å². The van der Waals surface area contributed by atoms with E-state index in [2.05, 4.69) is 9.56 Å². The van der Waals surface area contributed by atoms with Crippen LogP contribution in [0.5, 0.6) is 5.75 Å². The summed E-state index contributed by atoms with van der Waals surface area (Å²) in [6.07, 6.45) is 3.91. The molecule has 0 atom stereocenters. The lowest BCUT2D eigenvalue weighted by atomic mass is 10.1. The topological polar surface area (TPSA) is 73.0 Å². The maximum Gasteiger partial charge on any atom is 0.344 e. The van der Waals surface area contributed by atoms with Crippen molar-refractivity contribution >= 4 is 57.0 Å². The van der Waals surface area contributed by atoms with Gasteiger partial charge in [0, 0.05) is 27.7 Å². The summed E-state index contributed by atoms with van der Waals surface area (Å²) in [4.78, 5) is 18.0. The second-order valence-electron chi connectivity index (χ2n) is 8.90. The standard InChI is InChI=1S/C31H27ClN2O4S/c1-3-37-31(36)28-29(35)27(39-30(28)33-23-12-8-20(2)9-13-23)18-21-19-34(26-7-5-4-6-25(21)26)16-17-38-24-14-10-22(32)11-15-24/h4-15,18-19,35H,3,16-17H2,1-2H3/b27-18-,33-30?. The summed E-state index contributed by atoms with van der Waals surface area (Å²) in [5.41, 5.74) is 3.82. The Kier molecular flexibility index (Phi) is 8.10. The van der Waals surface area contributed by atoms with Crippen LogP contribution >= 0.6 is 23.4 Å². The molecule has 0 saturated heterocycles. The monoisotopic (exact) mass is 558 g/mol. The minimum Gasteiger partial charge on any atom is -0.506 e. The Morgan fingerprint density at radius 3 is 2.56 bits per heavy atom. The summed E-state index contributed by atoms with van der Waals surface area (Å²) in [6.45, 7) is 5.02. The lowest BCUT2D eigenvalue weighted by Gasteiger charge is -2.08. The van der Waals surface area contributed by atoms with Gasteiger partial charge in [-0.1, -0.05) is 59.3 Å². The van der Waals surface area contributed by atoms with Crippen LogP contribution in [0.4, 0.5) is 5.69 Å². The Morgan fingerprint density at radius 2 is 1.82 bits per heavy atom. The van der Waals surface area contributed by atoms with Gasteiger partial charge in [0.25, 0.3) is 0 Å². The van der Waals surface area contributed by atoms with Gasteiger partial charge in [-0.25, -0.2) is 9.79 Å². The zero-order valence-corrected chi connectivity index (χ0v) is 23.1. The molecule has 0 amide bonds. The normalized spacial score (nSPS) is 15.5. The predicted octanol–water partition coefficient (Wildman–Crippen LogP) is 7.88. The second-order valence-corrected chi connectivity index (χ2v) is 10.4. The van der Waals surface area contributed by atoms with Crippen LogP contribution in [-0.4, -0.2) is 33.9 Å². The van der Waals surface area contributed by atoms with Gasteiger partial charge >= 0.3 is 5.97 Å². The van der Waals surface area contributed by atoms with E-state index in [1.165, 1.54) is 11.8 Å². The Labute approximate surface area is 236 Å². The first-order chi connectivity index (χ1) is 18.9. The molecule has 0 bridgehead atoms. The maximum atomic E-state index is 12.8. The highest BCUT2D eigenvalue weighted by molar-refractivity contribution is 8.18. The van der Waals surface area contributed by atoms with Crippen LogP contribution in [0, 0.1) is 6.92 Å². The van der Waals surface area contributed by atoms with Crippen LogP contribution in [0.1, 0.15) is 18.1 Å². The molecule has 1 N–H and O–H groups in total. The fourth-order valence-corrected chi connectivity index (χ4v) is 5.39. The van der Waals surface area contributed by atoms with Crippen molar-refractivity contribution in [3.05, 3.63) is 111 Å². The van der Waals surface area contributed by atoms with Gasteiger partial charge in [-0.15, -0.1) is 0 Å². The van der Waals surface area contributed by atoms with E-state index in [9.17, 15) is 9.90 Å². The molecule has 0 fully saturated rings. The fourth-order valence-electron chi connectivity index (χ4n) is 4.24. The Bertz CT molecular complexity index is 1600. The van der Waals surface area contributed by atoms with Gasteiger partial charge in [-0.3, -0.25) is 0 Å². The van der Waals surface area contributed by atoms with Crippen LogP contribution in [0.2, 0.25) is 5.02 Å². The van der Waals surface area contributed by atoms with Crippen LogP contribution < -0.4 is 4.74 Å². The molecule has 0 aliphatic carbocycles. The second kappa shape index (κ2) is 11.8. The van der Waals surface area contributed by atoms with E-state index >= 15 is 0 Å². The predicted molar refractivity (Wildman–Crippen MR) is 159 cm³/mol. The molecule has 2 heterocycles. The third kappa shape index (κ3) is 6.05. The molecule has 0 spiro atoms. The molecule has 0 radical (unpaired) electrons. The number of carbonyl (C=O) groups is 1. The van der Waals surface area contributed by atoms with Crippen molar-refractivity contribution < 1.29 is 19.4 Å². The van der Waals surface area contributed by atoms with E-state index < -0.39 is 5.97 Å². The first kappa shape index (κ1) is 26.7. The number of carbonyl (C=O) groups excluding carboxylic acids is 1. The number of esters is 1. The van der Waals surface area contributed by atoms with Crippen molar-refractivity contribution in [1.29, 1.82) is 0 Å². The minimum atomic E-state index is -0.599. The van der Waals surface area contributed by atoms with Gasteiger partial charge in [0.05, 0.1) is 23.7 Å². The smallest absolute Gasteiger partial charge is 0.344 e. The van der Waals surface area contributed by atoms with Crippen LogP contribution in [0.15, 0.2) is 100 Å². The van der Waals surface area contributed by atoms with E-state index in [-0.39, 0.29) is 17.9 Å². The van der Waals surface area contributed by atoms with E-state index in [4.69, 9.17) is 21.1 Å². The summed E-state index contributed by atoms with van der Waals surface area (Å²) in [5.74, 6) is 0.0215. The number of aryl methyl sites for hydroxylation is 1. The van der Waals surface area contributed by atoms with Crippen LogP contribution in [0.3, 0.4) is 0 Å². The number of aliphatic hydroxyl groups excluding tert-OH is 1. The van der Waals surface area contributed by atoms with Crippen molar-refractivity contribution in [1.82, 2.24) is 4.57 Å². The highest BCUT2D eigenvalue weighted by Gasteiger charge is 2.33. The van der Waals surface area contributed by atoms with Gasteiger partial charge in [0.2, 0.25) is 0 Å². The molecular formula is C31H27ClN2O4S. The van der Waals surface area contributed by atoms with Gasteiger partial charge in [-0.05, 0) is 62.4 Å². The van der Waals surface area contributed by atoms with E-state index in [1.807, 2.05) is 79.9 Å². The molecule has 198 valence electrons. The summed E-state index contributed by atoms with van der Waals surface area (Å²) >= 11 is 7.22. The third-order valence-electron chi connectivity index (χ3n) is 6.16. The summed E-state index contributed by atoms with van der Waals surface area (Å²) in [5, 5.41) is 13.2. The SMILES string of the molecule is CCOC(=O)C1=C(O)/C(=C/c2cn(CCOc3ccc(Cl)cc3)c3ccccc23)SC1=Nc1ccc(C)cc1. The van der Waals surface area contributed by atoms with Crippen molar-refractivity contribution in [2.24, 2.45) is 4.99 Å². The third-order valence-corrected chi connectivity index (χ3v) is 7.43. The number of hydrogen-bond donors (Lipinski definition) is 1. The zero-order valence-electron chi connectivity index (χ0n) is 21.6. The van der Waals surface area contributed by atoms with E-state index in [0.29, 0.717) is 33.8 Å². The number of ether oxygens (including phenoxy) is 2. The average Bonchev–Trinajstić information content (AvgIpc) is 3.43. The molecule has 5 rings (SSSR count). The maximum absolute atomic E-state index is 12.8. The van der Waals surface area contributed by atoms with Gasteiger partial charge in [-0.2, -0.15) is 0 Å². The molecule has 1 aliphatic heterocycles. The van der Waals surface area contributed by atoms with Gasteiger partial charge < -0.3 is 19.1 Å². The van der Waals surface area contributed by atoms with Crippen molar-refractivity contribution in [3.8, 4) is 5.75 Å². The molecule has 1 aliphatic rings. The lowest BCUT2D eigenvalue weighted by Crippen LogP contribution is -2.12. The number of nitrogens with zero attached hydrogens (tertiary/aromatic N) is 2. The number of aliphatic hydroxyl groups is 1. The lowest BCUT2D eigenvalue weighted by molar-refractivity contribution is -0.138. The number of benzene rings is 3. The number of para-hydroxylation sites is 1. The Morgan fingerprint density at radius 1 is 1.08 bits per heavy atom. The molecule has 1 aromatic heterocycles. The number of halogens is 1. The molecule has 3 aromatic carbocycles. The minimum absolute atomic E-state index is 0.0776. The van der Waals surface area contributed by atoms with Crippen molar-refractivity contribution in [2.45, 2.75) is 20.4 Å². The zero-order chi connectivity index (χ0) is 27.4. The van der Waals surface area contributed by atoms with E-state index in [1.54, 1.807) is 19.1 Å². The highest BCUT2D eigenvalue weighted by Crippen LogP contribution is 2.41. The number of fused-ring (bicyclic) bond motifs is 1. The largest absolute Gasteiger partial charge is 0.506 e. The molecule has 6 nitrogen and oxygen atoms in total. The van der Waals surface area contributed by atoms with Crippen molar-refractivity contribution in [3.63, 3.8) is 0 Å². The van der Waals surface area contributed by atoms with Crippen molar-refractivity contribution in [2.75, 3.05) is 13.2 Å². The first-order valence-electron chi connectivity index (χ1n) is 12.5. The average molecular weight is 559 g/mol. The highest BCUT2D eigenvalue weighted by atomic mass is 35.5. The summed E-state index contributed by atoms with van der Waals surface area (Å²) in [7, 11) is 0. The number of hydrogen-bond acceptors (Lipinski definition) is 6. The molecule has 0 unspecified atom stereocenters. The Hall–Kier alpha value is -3.94. The molecule has 4 aromatic rings. The number of aromatic nitrogens is 1.